The molecule has 0 aliphatic carbocycles. The second kappa shape index (κ2) is 9.32. The fourth-order valence-corrected chi connectivity index (χ4v) is 4.71. The molecule has 5 nitrogen and oxygen atoms in total. The first kappa shape index (κ1) is 21.7. The number of halogens is 3. The molecule has 0 atom stereocenters. The van der Waals surface area contributed by atoms with Crippen LogP contribution in [0.5, 0.6) is 11.5 Å². The van der Waals surface area contributed by atoms with Crippen LogP contribution in [0, 0.1) is 0 Å². The third-order valence-corrected chi connectivity index (χ3v) is 6.70. The van der Waals surface area contributed by atoms with Crippen molar-refractivity contribution >= 4 is 62.4 Å². The second-order valence-electron chi connectivity index (χ2n) is 6.51. The van der Waals surface area contributed by atoms with E-state index in [0.717, 1.165) is 32.1 Å². The van der Waals surface area contributed by atoms with Crippen LogP contribution in [0.1, 0.15) is 5.56 Å². The molecule has 3 aromatic carbocycles. The van der Waals surface area contributed by atoms with E-state index < -0.39 is 6.09 Å². The molecule has 2 N–H and O–H groups in total. The quantitative estimate of drug-likeness (QED) is 0.293. The Balaban J connectivity index is 1.47. The predicted octanol–water partition coefficient (Wildman–Crippen LogP) is 7.00. The number of aromatic nitrogens is 1. The molecule has 0 radical (unpaired) electrons. The highest BCUT2D eigenvalue weighted by Gasteiger charge is 2.11. The third-order valence-electron chi connectivity index (χ3n) is 4.44. The number of primary amides is 1. The largest absolute Gasteiger partial charge is 0.493 e. The van der Waals surface area contributed by atoms with Crippen molar-refractivity contribution in [2.45, 2.75) is 6.42 Å². The lowest BCUT2D eigenvalue weighted by atomic mass is 10.1. The molecule has 0 saturated carbocycles. The first-order valence-electron chi connectivity index (χ1n) is 9.14. The molecule has 0 aliphatic heterocycles. The highest BCUT2D eigenvalue weighted by Crippen LogP contribution is 2.34. The van der Waals surface area contributed by atoms with Crippen molar-refractivity contribution in [2.24, 2.45) is 5.73 Å². The van der Waals surface area contributed by atoms with E-state index in [1.807, 2.05) is 30.3 Å². The molecular weight excluding hydrogens is 479 g/mol. The number of carbonyl (C=O) groups is 1. The Labute approximate surface area is 197 Å². The van der Waals surface area contributed by atoms with Gasteiger partial charge >= 0.3 is 6.09 Å². The Morgan fingerprint density at radius 3 is 2.42 bits per heavy atom. The Morgan fingerprint density at radius 1 is 0.968 bits per heavy atom. The van der Waals surface area contributed by atoms with E-state index in [-0.39, 0.29) is 0 Å². The van der Waals surface area contributed by atoms with Crippen molar-refractivity contribution in [1.29, 1.82) is 0 Å². The molecule has 1 amide bonds. The molecule has 1 aromatic heterocycles. The number of benzene rings is 3. The maximum Gasteiger partial charge on any atom is 0.409 e. The monoisotopic (exact) mass is 492 g/mol. The van der Waals surface area contributed by atoms with Gasteiger partial charge in [-0.15, -0.1) is 11.3 Å². The minimum atomic E-state index is -0.847. The van der Waals surface area contributed by atoms with E-state index in [2.05, 4.69) is 4.98 Å². The second-order valence-corrected chi connectivity index (χ2v) is 8.74. The van der Waals surface area contributed by atoms with Crippen LogP contribution < -0.4 is 15.2 Å². The van der Waals surface area contributed by atoms with Gasteiger partial charge in [0.1, 0.15) is 16.5 Å². The maximum absolute atomic E-state index is 10.8. The highest BCUT2D eigenvalue weighted by molar-refractivity contribution is 7.21. The fraction of sp³-hybridized carbons (Fsp3) is 0.0909. The number of amides is 1. The third kappa shape index (κ3) is 5.05. The van der Waals surface area contributed by atoms with Gasteiger partial charge in [0.2, 0.25) is 0 Å². The molecule has 31 heavy (non-hydrogen) atoms. The normalized spacial score (nSPS) is 10.9. The number of ether oxygens (including phenoxy) is 2. The molecule has 0 aliphatic rings. The van der Waals surface area contributed by atoms with Gasteiger partial charge in [0.15, 0.2) is 0 Å². The van der Waals surface area contributed by atoms with E-state index in [4.69, 9.17) is 50.0 Å². The van der Waals surface area contributed by atoms with E-state index in [1.54, 1.807) is 24.3 Å². The molecule has 0 fully saturated rings. The van der Waals surface area contributed by atoms with Crippen LogP contribution in [-0.4, -0.2) is 17.7 Å². The topological polar surface area (TPSA) is 74.4 Å². The van der Waals surface area contributed by atoms with Gasteiger partial charge in [-0.2, -0.15) is 0 Å². The average molecular weight is 494 g/mol. The van der Waals surface area contributed by atoms with Crippen molar-refractivity contribution in [1.82, 2.24) is 4.98 Å². The van der Waals surface area contributed by atoms with Crippen molar-refractivity contribution in [3.63, 3.8) is 0 Å². The van der Waals surface area contributed by atoms with Gasteiger partial charge in [0.25, 0.3) is 0 Å². The molecule has 0 bridgehead atoms. The minimum absolute atomic E-state index is 0.382. The van der Waals surface area contributed by atoms with Gasteiger partial charge < -0.3 is 15.2 Å². The predicted molar refractivity (Wildman–Crippen MR) is 126 cm³/mol. The van der Waals surface area contributed by atoms with Crippen molar-refractivity contribution in [3.8, 4) is 22.1 Å². The summed E-state index contributed by atoms with van der Waals surface area (Å²) in [6, 6.07) is 16.1. The highest BCUT2D eigenvalue weighted by atomic mass is 35.5. The number of thiazole rings is 1. The molecule has 1 heterocycles. The summed E-state index contributed by atoms with van der Waals surface area (Å²) in [5.74, 6) is 1.11. The maximum atomic E-state index is 10.8. The zero-order valence-electron chi connectivity index (χ0n) is 15.9. The minimum Gasteiger partial charge on any atom is -0.493 e. The summed E-state index contributed by atoms with van der Waals surface area (Å²) >= 11 is 20.1. The Morgan fingerprint density at radius 2 is 1.68 bits per heavy atom. The number of rotatable bonds is 6. The van der Waals surface area contributed by atoms with E-state index >= 15 is 0 Å². The number of nitrogens with zero attached hydrogens (tertiary/aromatic N) is 1. The van der Waals surface area contributed by atoms with Crippen molar-refractivity contribution in [3.05, 3.63) is 75.2 Å². The molecule has 158 valence electrons. The number of carbonyl (C=O) groups excluding carboxylic acids is 1. The van der Waals surface area contributed by atoms with E-state index in [9.17, 15) is 4.79 Å². The van der Waals surface area contributed by atoms with Gasteiger partial charge in [-0.05, 0) is 60.2 Å². The lowest BCUT2D eigenvalue weighted by molar-refractivity contribution is 0.211. The molecule has 4 aromatic rings. The van der Waals surface area contributed by atoms with Gasteiger partial charge in [-0.3, -0.25) is 0 Å². The molecule has 4 rings (SSSR count). The van der Waals surface area contributed by atoms with Crippen LogP contribution in [0.4, 0.5) is 4.79 Å². The van der Waals surface area contributed by atoms with Crippen molar-refractivity contribution in [2.75, 3.05) is 6.61 Å². The first-order valence-corrected chi connectivity index (χ1v) is 11.1. The van der Waals surface area contributed by atoms with Crippen LogP contribution in [0.25, 0.3) is 20.8 Å². The molecule has 0 saturated heterocycles. The summed E-state index contributed by atoms with van der Waals surface area (Å²) in [6.07, 6.45) is -0.315. The van der Waals surface area contributed by atoms with Gasteiger partial charge in [0, 0.05) is 17.0 Å². The van der Waals surface area contributed by atoms with Gasteiger partial charge in [-0.1, -0.05) is 34.8 Å². The number of fused-ring (bicyclic) bond motifs is 1. The lowest BCUT2D eigenvalue weighted by Gasteiger charge is -2.10. The number of hydrogen-bond acceptors (Lipinski definition) is 5. The Kier molecular flexibility index (Phi) is 6.53. The molecule has 0 spiro atoms. The average Bonchev–Trinajstić information content (AvgIpc) is 3.17. The zero-order chi connectivity index (χ0) is 22.0. The SMILES string of the molecule is NC(=O)Oc1ccc(-c2nc3ccc(OCCc4c(Cl)ccc(Cl)c4Cl)cc3s2)cc1. The molecular formula is C22H15Cl3N2O3S. The van der Waals surface area contributed by atoms with E-state index in [1.165, 1.54) is 11.3 Å². The molecule has 9 heteroatoms. The summed E-state index contributed by atoms with van der Waals surface area (Å²) in [5, 5.41) is 2.32. The van der Waals surface area contributed by atoms with Crippen LogP contribution in [-0.2, 0) is 6.42 Å². The smallest absolute Gasteiger partial charge is 0.409 e. The van der Waals surface area contributed by atoms with Gasteiger partial charge in [-0.25, -0.2) is 9.78 Å². The van der Waals surface area contributed by atoms with Gasteiger partial charge in [0.05, 0.1) is 26.9 Å². The Bertz CT molecular complexity index is 1260. The molecule has 0 unspecified atom stereocenters. The standard InChI is InChI=1S/C22H15Cl3N2O3S/c23-16-6-7-17(24)20(25)15(16)9-10-29-14-5-8-18-19(11-14)31-21(27-18)12-1-3-13(4-2-12)30-22(26)28/h1-8,11H,9-10H2,(H2,26,28). The van der Waals surface area contributed by atoms with Crippen LogP contribution in [0.15, 0.2) is 54.6 Å². The number of nitrogens with two attached hydrogens (primary N) is 1. The summed E-state index contributed by atoms with van der Waals surface area (Å²) in [7, 11) is 0. The number of hydrogen-bond donors (Lipinski definition) is 1. The zero-order valence-corrected chi connectivity index (χ0v) is 19.0. The Hall–Kier alpha value is -2.51. The summed E-state index contributed by atoms with van der Waals surface area (Å²) < 4.78 is 11.7. The van der Waals surface area contributed by atoms with Crippen LogP contribution >= 0.6 is 46.1 Å². The van der Waals surface area contributed by atoms with E-state index in [0.29, 0.717) is 33.8 Å². The summed E-state index contributed by atoms with van der Waals surface area (Å²) in [4.78, 5) is 15.5. The first-order chi connectivity index (χ1) is 14.9. The van der Waals surface area contributed by atoms with Crippen molar-refractivity contribution < 1.29 is 14.3 Å². The summed E-state index contributed by atoms with van der Waals surface area (Å²) in [6.45, 7) is 0.401. The lowest BCUT2D eigenvalue weighted by Crippen LogP contribution is -2.16. The van der Waals surface area contributed by atoms with Crippen LogP contribution in [0.3, 0.4) is 0 Å². The van der Waals surface area contributed by atoms with Crippen LogP contribution in [0.2, 0.25) is 15.1 Å². The summed E-state index contributed by atoms with van der Waals surface area (Å²) in [5.41, 5.74) is 7.56. The fourth-order valence-electron chi connectivity index (χ4n) is 2.97.